The highest BCUT2D eigenvalue weighted by Gasteiger charge is 2.28. The molecule has 1 aromatic rings. The third-order valence-corrected chi connectivity index (χ3v) is 2.64. The molecule has 0 amide bonds. The summed E-state index contributed by atoms with van der Waals surface area (Å²) in [4.78, 5) is 20.5. The molecule has 1 rings (SSSR count). The Bertz CT molecular complexity index is 517. The molecule has 104 valence electrons. The molecule has 0 saturated heterocycles. The van der Waals surface area contributed by atoms with Crippen LogP contribution < -0.4 is 0 Å². The van der Waals surface area contributed by atoms with Gasteiger partial charge in [-0.15, -0.1) is 0 Å². The van der Waals surface area contributed by atoms with E-state index >= 15 is 0 Å². The maximum atomic E-state index is 13.7. The maximum absolute atomic E-state index is 13.7. The first-order chi connectivity index (χ1) is 8.73. The highest BCUT2D eigenvalue weighted by molar-refractivity contribution is 5.76. The second kappa shape index (κ2) is 5.73. The summed E-state index contributed by atoms with van der Waals surface area (Å²) in [5, 5.41) is 19.5. The molecule has 1 N–H and O–H groups in total. The van der Waals surface area contributed by atoms with Crippen LogP contribution in [0.15, 0.2) is 12.1 Å². The van der Waals surface area contributed by atoms with Gasteiger partial charge in [0.15, 0.2) is 0 Å². The highest BCUT2D eigenvalue weighted by Crippen LogP contribution is 2.30. The van der Waals surface area contributed by atoms with E-state index in [0.717, 1.165) is 0 Å². The van der Waals surface area contributed by atoms with Gasteiger partial charge in [-0.05, 0) is 18.4 Å². The minimum absolute atomic E-state index is 0.0428. The molecule has 19 heavy (non-hydrogen) atoms. The monoisotopic (exact) mass is 273 g/mol. The summed E-state index contributed by atoms with van der Waals surface area (Å²) in [5.41, 5.74) is -1.38. The number of carbonyl (C=O) groups is 1. The molecule has 0 bridgehead atoms. The lowest BCUT2D eigenvalue weighted by atomic mass is 9.90. The molecular formula is C12H13F2NO4. The van der Waals surface area contributed by atoms with E-state index in [9.17, 15) is 23.7 Å². The number of aliphatic carboxylic acids is 1. The van der Waals surface area contributed by atoms with Gasteiger partial charge in [0.05, 0.1) is 16.9 Å². The van der Waals surface area contributed by atoms with Crippen molar-refractivity contribution < 1.29 is 23.6 Å². The van der Waals surface area contributed by atoms with E-state index < -0.39 is 34.1 Å². The van der Waals surface area contributed by atoms with Crippen molar-refractivity contribution in [2.24, 2.45) is 5.92 Å². The van der Waals surface area contributed by atoms with Gasteiger partial charge in [-0.2, -0.15) is 4.39 Å². The summed E-state index contributed by atoms with van der Waals surface area (Å²) in [6.07, 6.45) is 0.115. The maximum Gasteiger partial charge on any atom is 0.311 e. The molecule has 5 nitrogen and oxygen atoms in total. The fraction of sp³-hybridized carbons (Fsp3) is 0.417. The number of halogens is 2. The van der Waals surface area contributed by atoms with Crippen LogP contribution >= 0.6 is 0 Å². The van der Waals surface area contributed by atoms with Gasteiger partial charge < -0.3 is 5.11 Å². The molecule has 0 spiro atoms. The minimum atomic E-state index is -1.29. The lowest BCUT2D eigenvalue weighted by molar-refractivity contribution is -0.387. The van der Waals surface area contributed by atoms with Gasteiger partial charge in [0.25, 0.3) is 0 Å². The van der Waals surface area contributed by atoms with E-state index in [0.29, 0.717) is 12.1 Å². The normalized spacial score (nSPS) is 12.5. The second-order valence-electron chi connectivity index (χ2n) is 4.60. The van der Waals surface area contributed by atoms with Crippen molar-refractivity contribution in [2.75, 3.05) is 0 Å². The number of nitro benzene ring substituents is 1. The first kappa shape index (κ1) is 15.0. The number of rotatable bonds is 5. The van der Waals surface area contributed by atoms with Crippen LogP contribution in [0.4, 0.5) is 14.5 Å². The van der Waals surface area contributed by atoms with Gasteiger partial charge in [-0.1, -0.05) is 13.8 Å². The van der Waals surface area contributed by atoms with E-state index in [1.165, 1.54) is 0 Å². The van der Waals surface area contributed by atoms with Crippen molar-refractivity contribution in [3.63, 3.8) is 0 Å². The zero-order chi connectivity index (χ0) is 14.7. The van der Waals surface area contributed by atoms with Crippen molar-refractivity contribution in [2.45, 2.75) is 26.2 Å². The Morgan fingerprint density at radius 2 is 1.95 bits per heavy atom. The van der Waals surface area contributed by atoms with Crippen molar-refractivity contribution in [1.82, 2.24) is 0 Å². The van der Waals surface area contributed by atoms with Crippen molar-refractivity contribution >= 4 is 11.7 Å². The van der Waals surface area contributed by atoms with Crippen LogP contribution in [0.5, 0.6) is 0 Å². The number of nitrogens with zero attached hydrogens (tertiary/aromatic N) is 1. The Morgan fingerprint density at radius 3 is 2.37 bits per heavy atom. The summed E-state index contributed by atoms with van der Waals surface area (Å²) < 4.78 is 27.2. The van der Waals surface area contributed by atoms with Crippen LogP contribution in [0, 0.1) is 27.7 Å². The largest absolute Gasteiger partial charge is 0.481 e. The number of carboxylic acids is 1. The Kier molecular flexibility index (Phi) is 4.52. The van der Waals surface area contributed by atoms with E-state index in [1.807, 2.05) is 0 Å². The fourth-order valence-electron chi connectivity index (χ4n) is 1.79. The molecule has 0 heterocycles. The molecule has 0 unspecified atom stereocenters. The van der Waals surface area contributed by atoms with Gasteiger partial charge >= 0.3 is 11.7 Å². The van der Waals surface area contributed by atoms with Crippen molar-refractivity contribution in [3.8, 4) is 0 Å². The van der Waals surface area contributed by atoms with E-state index in [1.54, 1.807) is 13.8 Å². The Hall–Kier alpha value is -2.05. The average Bonchev–Trinajstić information content (AvgIpc) is 2.27. The third-order valence-electron chi connectivity index (χ3n) is 2.64. The number of hydrogen-bond acceptors (Lipinski definition) is 3. The highest BCUT2D eigenvalue weighted by atomic mass is 19.1. The van der Waals surface area contributed by atoms with Gasteiger partial charge in [0.2, 0.25) is 5.82 Å². The summed E-state index contributed by atoms with van der Waals surface area (Å²) >= 11 is 0. The molecule has 7 heteroatoms. The number of benzene rings is 1. The molecule has 1 atom stereocenters. The van der Waals surface area contributed by atoms with Crippen LogP contribution in [-0.4, -0.2) is 16.0 Å². The Balaban J connectivity index is 3.29. The first-order valence-corrected chi connectivity index (χ1v) is 5.60. The molecule has 1 aromatic carbocycles. The number of nitro groups is 1. The zero-order valence-electron chi connectivity index (χ0n) is 10.4. The van der Waals surface area contributed by atoms with Crippen LogP contribution in [0.25, 0.3) is 0 Å². The van der Waals surface area contributed by atoms with Crippen LogP contribution in [0.2, 0.25) is 0 Å². The standard InChI is InChI=1S/C12H13F2NO4/c1-6(2)3-8(12(16)17)7-4-10(14)11(15(18)19)5-9(7)13/h4-6,8H,3H2,1-2H3,(H,16,17)/t8-/m1/s1. The van der Waals surface area contributed by atoms with E-state index in [-0.39, 0.29) is 17.9 Å². The lowest BCUT2D eigenvalue weighted by Crippen LogP contribution is -2.16. The predicted octanol–water partition coefficient (Wildman–Crippen LogP) is 3.09. The topological polar surface area (TPSA) is 80.4 Å². The SMILES string of the molecule is CC(C)C[C@@H](C(=O)O)c1cc(F)c([N+](=O)[O-])cc1F. The molecule has 0 aliphatic carbocycles. The molecular weight excluding hydrogens is 260 g/mol. The summed E-state index contributed by atoms with van der Waals surface area (Å²) in [7, 11) is 0. The van der Waals surface area contributed by atoms with E-state index in [2.05, 4.69) is 0 Å². The minimum Gasteiger partial charge on any atom is -0.481 e. The molecule has 0 radical (unpaired) electrons. The lowest BCUT2D eigenvalue weighted by Gasteiger charge is -2.15. The van der Waals surface area contributed by atoms with Crippen molar-refractivity contribution in [3.05, 3.63) is 39.4 Å². The van der Waals surface area contributed by atoms with E-state index in [4.69, 9.17) is 5.11 Å². The van der Waals surface area contributed by atoms with Crippen LogP contribution in [0.3, 0.4) is 0 Å². The van der Waals surface area contributed by atoms with Crippen LogP contribution in [0.1, 0.15) is 31.7 Å². The molecule has 0 saturated carbocycles. The van der Waals surface area contributed by atoms with Crippen LogP contribution in [-0.2, 0) is 4.79 Å². The molecule has 0 aromatic heterocycles. The summed E-state index contributed by atoms with van der Waals surface area (Å²) in [5.74, 6) is -4.88. The summed E-state index contributed by atoms with van der Waals surface area (Å²) in [6.45, 7) is 3.49. The Labute approximate surface area is 108 Å². The van der Waals surface area contributed by atoms with Crippen molar-refractivity contribution in [1.29, 1.82) is 0 Å². The first-order valence-electron chi connectivity index (χ1n) is 5.60. The molecule has 0 aliphatic heterocycles. The number of carboxylic acid groups (broad SMARTS) is 1. The second-order valence-corrected chi connectivity index (χ2v) is 4.60. The van der Waals surface area contributed by atoms with Gasteiger partial charge in [0.1, 0.15) is 5.82 Å². The predicted molar refractivity (Wildman–Crippen MR) is 62.8 cm³/mol. The smallest absolute Gasteiger partial charge is 0.311 e. The third kappa shape index (κ3) is 3.46. The summed E-state index contributed by atoms with van der Waals surface area (Å²) in [6, 6.07) is 1.01. The van der Waals surface area contributed by atoms with Gasteiger partial charge in [-0.3, -0.25) is 14.9 Å². The zero-order valence-corrected chi connectivity index (χ0v) is 10.4. The quantitative estimate of drug-likeness (QED) is 0.660. The fourth-order valence-corrected chi connectivity index (χ4v) is 1.79. The molecule has 0 aliphatic rings. The number of hydrogen-bond donors (Lipinski definition) is 1. The average molecular weight is 273 g/mol. The van der Waals surface area contributed by atoms with Gasteiger partial charge in [0, 0.05) is 5.56 Å². The molecule has 0 fully saturated rings. The van der Waals surface area contributed by atoms with Gasteiger partial charge in [-0.25, -0.2) is 4.39 Å². The Morgan fingerprint density at radius 1 is 1.37 bits per heavy atom.